The van der Waals surface area contributed by atoms with Crippen molar-refractivity contribution in [1.29, 1.82) is 0 Å². The largest absolute Gasteiger partial charge is 0.394 e. The molecule has 0 heterocycles. The van der Waals surface area contributed by atoms with E-state index in [2.05, 4.69) is 20.8 Å². The van der Waals surface area contributed by atoms with Crippen molar-refractivity contribution >= 4 is 20.2 Å². The first-order valence-electron chi connectivity index (χ1n) is 6.58. The molecule has 0 aromatic heterocycles. The second kappa shape index (κ2) is 10.6. The van der Waals surface area contributed by atoms with Crippen molar-refractivity contribution < 1.29 is 8.85 Å². The molecule has 0 radical (unpaired) electrons. The molecular formula is C12H27ClO2Si. The summed E-state index contributed by atoms with van der Waals surface area (Å²) >= 11 is 5.79. The topological polar surface area (TPSA) is 18.5 Å². The fourth-order valence-corrected chi connectivity index (χ4v) is 5.65. The number of hydrogen-bond donors (Lipinski definition) is 0. The fraction of sp³-hybridized carbons (Fsp3) is 1.00. The summed E-state index contributed by atoms with van der Waals surface area (Å²) in [4.78, 5) is 0. The normalized spacial score (nSPS) is 12.0. The summed E-state index contributed by atoms with van der Waals surface area (Å²) in [6, 6.07) is 2.15. The number of halogens is 1. The summed E-state index contributed by atoms with van der Waals surface area (Å²) < 4.78 is 12.2. The average Bonchev–Trinajstić information content (AvgIpc) is 2.31. The van der Waals surface area contributed by atoms with Gasteiger partial charge in [0.2, 0.25) is 0 Å². The number of hydrogen-bond acceptors (Lipinski definition) is 2. The minimum atomic E-state index is -1.94. The molecule has 98 valence electrons. The molecule has 4 heteroatoms. The molecule has 0 aromatic rings. The van der Waals surface area contributed by atoms with Crippen molar-refractivity contribution in [3.8, 4) is 0 Å². The van der Waals surface area contributed by atoms with Gasteiger partial charge in [0.1, 0.15) is 0 Å². The van der Waals surface area contributed by atoms with Gasteiger partial charge >= 0.3 is 8.56 Å². The van der Waals surface area contributed by atoms with Gasteiger partial charge < -0.3 is 8.85 Å². The van der Waals surface area contributed by atoms with Crippen molar-refractivity contribution in [3.63, 3.8) is 0 Å². The second-order valence-electron chi connectivity index (χ2n) is 4.15. The smallest absolute Gasteiger partial charge is 0.338 e. The van der Waals surface area contributed by atoms with Gasteiger partial charge in [0, 0.05) is 19.1 Å². The molecule has 0 saturated heterocycles. The van der Waals surface area contributed by atoms with Crippen molar-refractivity contribution in [2.24, 2.45) is 0 Å². The summed E-state index contributed by atoms with van der Waals surface area (Å²) in [5.74, 6) is 0.712. The summed E-state index contributed by atoms with van der Waals surface area (Å²) in [6.07, 6.45) is 4.28. The maximum atomic E-state index is 6.08. The monoisotopic (exact) mass is 266 g/mol. The highest BCUT2D eigenvalue weighted by Crippen LogP contribution is 2.23. The molecule has 0 aliphatic rings. The molecule has 0 N–H and O–H groups in total. The number of rotatable bonds is 11. The van der Waals surface area contributed by atoms with E-state index in [1.165, 1.54) is 0 Å². The lowest BCUT2D eigenvalue weighted by Gasteiger charge is -2.30. The van der Waals surface area contributed by atoms with Crippen LogP contribution in [0.1, 0.15) is 46.5 Å². The molecule has 0 fully saturated rings. The minimum Gasteiger partial charge on any atom is -0.394 e. The Bertz CT molecular complexity index is 134. The highest BCUT2D eigenvalue weighted by molar-refractivity contribution is 6.67. The van der Waals surface area contributed by atoms with Gasteiger partial charge in [-0.25, -0.2) is 0 Å². The highest BCUT2D eigenvalue weighted by atomic mass is 35.5. The van der Waals surface area contributed by atoms with E-state index in [1.54, 1.807) is 0 Å². The fourth-order valence-electron chi connectivity index (χ4n) is 1.75. The molecule has 0 saturated carbocycles. The van der Waals surface area contributed by atoms with Gasteiger partial charge in [-0.3, -0.25) is 0 Å². The van der Waals surface area contributed by atoms with E-state index in [0.29, 0.717) is 5.88 Å². The summed E-state index contributed by atoms with van der Waals surface area (Å²) in [5.41, 5.74) is 0. The Morgan fingerprint density at radius 2 is 1.44 bits per heavy atom. The Labute approximate surface area is 107 Å². The van der Waals surface area contributed by atoms with E-state index >= 15 is 0 Å². The maximum absolute atomic E-state index is 6.08. The Morgan fingerprint density at radius 1 is 0.875 bits per heavy atom. The van der Waals surface area contributed by atoms with E-state index in [-0.39, 0.29) is 0 Å². The molecule has 2 nitrogen and oxygen atoms in total. The van der Waals surface area contributed by atoms with Gasteiger partial charge in [-0.2, -0.15) is 0 Å². The molecule has 0 amide bonds. The zero-order chi connectivity index (χ0) is 12.3. The van der Waals surface area contributed by atoms with Crippen molar-refractivity contribution in [2.45, 2.75) is 58.5 Å². The first-order chi connectivity index (χ1) is 7.74. The molecule has 0 atom stereocenters. The molecule has 0 spiro atoms. The van der Waals surface area contributed by atoms with Crippen LogP contribution in [-0.2, 0) is 8.85 Å². The van der Waals surface area contributed by atoms with Crippen LogP contribution in [0.3, 0.4) is 0 Å². The summed E-state index contributed by atoms with van der Waals surface area (Å²) in [5, 5.41) is 0. The second-order valence-corrected chi connectivity index (χ2v) is 7.93. The molecule has 16 heavy (non-hydrogen) atoms. The third-order valence-corrected chi connectivity index (χ3v) is 6.57. The highest BCUT2D eigenvalue weighted by Gasteiger charge is 2.35. The molecule has 0 unspecified atom stereocenters. The van der Waals surface area contributed by atoms with Gasteiger partial charge in [0.25, 0.3) is 0 Å². The van der Waals surface area contributed by atoms with Crippen molar-refractivity contribution in [2.75, 3.05) is 19.1 Å². The molecule has 0 bridgehead atoms. The summed E-state index contributed by atoms with van der Waals surface area (Å²) in [7, 11) is -1.94. The first-order valence-corrected chi connectivity index (χ1v) is 9.35. The van der Waals surface area contributed by atoms with Crippen LogP contribution in [-0.4, -0.2) is 27.7 Å². The average molecular weight is 267 g/mol. The van der Waals surface area contributed by atoms with Crippen LogP contribution >= 0.6 is 11.6 Å². The lowest BCUT2D eigenvalue weighted by atomic mass is 10.5. The number of alkyl halides is 1. The van der Waals surface area contributed by atoms with Crippen LogP contribution in [0.25, 0.3) is 0 Å². The lowest BCUT2D eigenvalue weighted by molar-refractivity contribution is 0.166. The van der Waals surface area contributed by atoms with Gasteiger partial charge in [-0.1, -0.05) is 27.2 Å². The lowest BCUT2D eigenvalue weighted by Crippen LogP contribution is -2.42. The molecule has 0 aromatic carbocycles. The predicted molar refractivity (Wildman–Crippen MR) is 73.5 cm³/mol. The Balaban J connectivity index is 4.32. The maximum Gasteiger partial charge on any atom is 0.338 e. The van der Waals surface area contributed by atoms with Crippen LogP contribution in [0.15, 0.2) is 0 Å². The van der Waals surface area contributed by atoms with E-state index in [0.717, 1.165) is 51.0 Å². The van der Waals surface area contributed by atoms with Crippen LogP contribution in [0.5, 0.6) is 0 Å². The van der Waals surface area contributed by atoms with E-state index in [1.807, 2.05) is 0 Å². The van der Waals surface area contributed by atoms with Crippen LogP contribution in [0, 0.1) is 0 Å². The standard InChI is InChI=1S/C12H27ClO2Si/c1-4-9-14-16(11-6-3,12-7-8-13)15-10-5-2/h4-12H2,1-3H3. The van der Waals surface area contributed by atoms with E-state index in [9.17, 15) is 0 Å². The predicted octanol–water partition coefficient (Wildman–Crippen LogP) is 4.32. The van der Waals surface area contributed by atoms with Gasteiger partial charge in [-0.15, -0.1) is 11.6 Å². The van der Waals surface area contributed by atoms with Crippen LogP contribution in [0.2, 0.25) is 12.1 Å². The first kappa shape index (κ1) is 16.4. The Hall–Kier alpha value is 0.427. The third-order valence-electron chi connectivity index (χ3n) is 2.46. The Kier molecular flexibility index (Phi) is 10.9. The Morgan fingerprint density at radius 3 is 1.81 bits per heavy atom. The zero-order valence-electron chi connectivity index (χ0n) is 11.1. The molecule has 0 aliphatic carbocycles. The van der Waals surface area contributed by atoms with Crippen molar-refractivity contribution in [3.05, 3.63) is 0 Å². The van der Waals surface area contributed by atoms with Gasteiger partial charge in [0.05, 0.1) is 0 Å². The van der Waals surface area contributed by atoms with Crippen LogP contribution < -0.4 is 0 Å². The summed E-state index contributed by atoms with van der Waals surface area (Å²) in [6.45, 7) is 8.16. The minimum absolute atomic E-state index is 0.712. The SMILES string of the molecule is CCCO[Si](CCC)(CCCCl)OCCC. The van der Waals surface area contributed by atoms with E-state index < -0.39 is 8.56 Å². The van der Waals surface area contributed by atoms with Gasteiger partial charge in [-0.05, 0) is 31.4 Å². The van der Waals surface area contributed by atoms with Crippen molar-refractivity contribution in [1.82, 2.24) is 0 Å². The zero-order valence-corrected chi connectivity index (χ0v) is 12.8. The third kappa shape index (κ3) is 6.89. The molecule has 0 aliphatic heterocycles. The van der Waals surface area contributed by atoms with E-state index in [4.69, 9.17) is 20.5 Å². The molecule has 0 rings (SSSR count). The quantitative estimate of drug-likeness (QED) is 0.410. The van der Waals surface area contributed by atoms with Crippen LogP contribution in [0.4, 0.5) is 0 Å². The molecular weight excluding hydrogens is 240 g/mol. The van der Waals surface area contributed by atoms with Gasteiger partial charge in [0.15, 0.2) is 0 Å².